The number of hydrogen-bond acceptors (Lipinski definition) is 6. The Kier molecular flexibility index (Phi) is 5.92. The van der Waals surface area contributed by atoms with Crippen molar-refractivity contribution >= 4 is 5.91 Å². The molecule has 0 aliphatic rings. The number of nitrogens with one attached hydrogen (secondary N) is 1. The average molecular weight is 382 g/mol. The highest BCUT2D eigenvalue weighted by Gasteiger charge is 2.23. The number of oxazole rings is 1. The van der Waals surface area contributed by atoms with Crippen molar-refractivity contribution in [1.29, 1.82) is 0 Å². The van der Waals surface area contributed by atoms with Gasteiger partial charge in [-0.15, -0.1) is 10.2 Å². The molecule has 28 heavy (non-hydrogen) atoms. The van der Waals surface area contributed by atoms with Gasteiger partial charge in [0.25, 0.3) is 0 Å². The van der Waals surface area contributed by atoms with E-state index >= 15 is 0 Å². The van der Waals surface area contributed by atoms with Crippen molar-refractivity contribution < 1.29 is 13.6 Å². The van der Waals surface area contributed by atoms with Crippen LogP contribution in [0.2, 0.25) is 0 Å². The lowest BCUT2D eigenvalue weighted by atomic mass is 10.0. The molecule has 1 N–H and O–H groups in total. The van der Waals surface area contributed by atoms with Crippen molar-refractivity contribution in [2.75, 3.05) is 0 Å². The zero-order valence-electron chi connectivity index (χ0n) is 16.9. The van der Waals surface area contributed by atoms with Gasteiger partial charge in [0.1, 0.15) is 11.8 Å². The lowest BCUT2D eigenvalue weighted by Crippen LogP contribution is -2.31. The van der Waals surface area contributed by atoms with Gasteiger partial charge in [-0.05, 0) is 38.3 Å². The lowest BCUT2D eigenvalue weighted by Gasteiger charge is -2.17. The van der Waals surface area contributed by atoms with Gasteiger partial charge in [0.2, 0.25) is 23.6 Å². The molecule has 3 aromatic rings. The maximum atomic E-state index is 12.7. The molecule has 0 fully saturated rings. The topological polar surface area (TPSA) is 94.1 Å². The van der Waals surface area contributed by atoms with Crippen LogP contribution in [0.4, 0.5) is 0 Å². The second kappa shape index (κ2) is 8.37. The SMILES string of the molecule is Cc1cccc(-c2nc(CC(=O)NC(CC(C)C)c3nnc(C)o3)c(C)o2)c1. The molecule has 7 heteroatoms. The van der Waals surface area contributed by atoms with Gasteiger partial charge >= 0.3 is 0 Å². The van der Waals surface area contributed by atoms with E-state index < -0.39 is 0 Å². The Morgan fingerprint density at radius 2 is 1.93 bits per heavy atom. The molecule has 1 atom stereocenters. The summed E-state index contributed by atoms with van der Waals surface area (Å²) in [5, 5.41) is 10.9. The van der Waals surface area contributed by atoms with E-state index in [-0.39, 0.29) is 18.4 Å². The van der Waals surface area contributed by atoms with Crippen LogP contribution in [0, 0.1) is 26.7 Å². The highest BCUT2D eigenvalue weighted by Crippen LogP contribution is 2.24. The van der Waals surface area contributed by atoms with E-state index in [9.17, 15) is 4.79 Å². The standard InChI is InChI=1S/C21H26N4O3/c1-12(2)9-18(21-25-24-15(5)28-21)22-19(26)11-17-14(4)27-20(23-17)16-8-6-7-13(3)10-16/h6-8,10,12,18H,9,11H2,1-5H3,(H,22,26). The molecule has 0 bridgehead atoms. The second-order valence-electron chi connectivity index (χ2n) is 7.48. The third-order valence-corrected chi connectivity index (χ3v) is 4.37. The van der Waals surface area contributed by atoms with Crippen LogP contribution >= 0.6 is 0 Å². The van der Waals surface area contributed by atoms with Gasteiger partial charge in [0, 0.05) is 12.5 Å². The highest BCUT2D eigenvalue weighted by molar-refractivity contribution is 5.78. The molecule has 7 nitrogen and oxygen atoms in total. The second-order valence-corrected chi connectivity index (χ2v) is 7.48. The van der Waals surface area contributed by atoms with Crippen LogP contribution in [0.3, 0.4) is 0 Å². The Morgan fingerprint density at radius 3 is 2.57 bits per heavy atom. The van der Waals surface area contributed by atoms with E-state index in [1.165, 1.54) is 0 Å². The van der Waals surface area contributed by atoms with Gasteiger partial charge in [-0.3, -0.25) is 4.79 Å². The van der Waals surface area contributed by atoms with Crippen molar-refractivity contribution in [2.24, 2.45) is 5.92 Å². The number of hydrogen-bond donors (Lipinski definition) is 1. The van der Waals surface area contributed by atoms with E-state index in [4.69, 9.17) is 8.83 Å². The number of aromatic nitrogens is 3. The third kappa shape index (κ3) is 4.85. The van der Waals surface area contributed by atoms with Crippen LogP contribution in [-0.4, -0.2) is 21.1 Å². The van der Waals surface area contributed by atoms with E-state index in [1.807, 2.05) is 38.1 Å². The van der Waals surface area contributed by atoms with Crippen LogP contribution in [0.1, 0.15) is 55.1 Å². The predicted octanol–water partition coefficient (Wildman–Crippen LogP) is 4.10. The lowest BCUT2D eigenvalue weighted by molar-refractivity contribution is -0.121. The molecule has 0 spiro atoms. The number of carbonyl (C=O) groups excluding carboxylic acids is 1. The highest BCUT2D eigenvalue weighted by atomic mass is 16.4. The third-order valence-electron chi connectivity index (χ3n) is 4.37. The number of benzene rings is 1. The molecular formula is C21H26N4O3. The van der Waals surface area contributed by atoms with Crippen LogP contribution < -0.4 is 5.32 Å². The van der Waals surface area contributed by atoms with Crippen molar-refractivity contribution in [3.8, 4) is 11.5 Å². The quantitative estimate of drug-likeness (QED) is 0.661. The Hall–Kier alpha value is -2.96. The monoisotopic (exact) mass is 382 g/mol. The van der Waals surface area contributed by atoms with E-state index in [1.54, 1.807) is 6.92 Å². The minimum absolute atomic E-state index is 0.128. The van der Waals surface area contributed by atoms with Gasteiger partial charge in [-0.1, -0.05) is 31.5 Å². The molecule has 2 aromatic heterocycles. The van der Waals surface area contributed by atoms with Crippen molar-refractivity contribution in [1.82, 2.24) is 20.5 Å². The normalized spacial score (nSPS) is 12.4. The van der Waals surface area contributed by atoms with Crippen molar-refractivity contribution in [2.45, 2.75) is 53.5 Å². The first-order valence-corrected chi connectivity index (χ1v) is 9.44. The Labute approximate surface area is 164 Å². The number of amides is 1. The zero-order valence-corrected chi connectivity index (χ0v) is 16.9. The molecule has 0 saturated carbocycles. The minimum atomic E-state index is -0.322. The maximum absolute atomic E-state index is 12.7. The molecule has 148 valence electrons. The largest absolute Gasteiger partial charge is 0.441 e. The fourth-order valence-electron chi connectivity index (χ4n) is 3.04. The molecule has 1 unspecified atom stereocenters. The fourth-order valence-corrected chi connectivity index (χ4v) is 3.04. The fraction of sp³-hybridized carbons (Fsp3) is 0.429. The smallest absolute Gasteiger partial charge is 0.238 e. The number of carbonyl (C=O) groups is 1. The molecular weight excluding hydrogens is 356 g/mol. The van der Waals surface area contributed by atoms with Gasteiger partial charge in [-0.25, -0.2) is 4.98 Å². The Balaban J connectivity index is 1.73. The first-order valence-electron chi connectivity index (χ1n) is 9.44. The van der Waals surface area contributed by atoms with Gasteiger partial charge in [0.15, 0.2) is 0 Å². The molecule has 2 heterocycles. The molecule has 1 amide bonds. The summed E-state index contributed by atoms with van der Waals surface area (Å²) in [4.78, 5) is 17.2. The zero-order chi connectivity index (χ0) is 20.3. The Bertz CT molecular complexity index is 958. The number of aryl methyl sites for hydroxylation is 3. The van der Waals surface area contributed by atoms with Crippen molar-refractivity contribution in [3.05, 3.63) is 53.1 Å². The molecule has 0 aliphatic heterocycles. The minimum Gasteiger partial charge on any atom is -0.441 e. The molecule has 0 radical (unpaired) electrons. The molecule has 3 rings (SSSR count). The van der Waals surface area contributed by atoms with Gasteiger partial charge in [-0.2, -0.15) is 0 Å². The van der Waals surface area contributed by atoms with Crippen LogP contribution in [0.15, 0.2) is 33.1 Å². The van der Waals surface area contributed by atoms with E-state index in [2.05, 4.69) is 34.3 Å². The summed E-state index contributed by atoms with van der Waals surface area (Å²) in [6.45, 7) is 9.73. The van der Waals surface area contributed by atoms with Gasteiger partial charge < -0.3 is 14.2 Å². The summed E-state index contributed by atoms with van der Waals surface area (Å²) in [6.07, 6.45) is 0.836. The molecule has 1 aromatic carbocycles. The summed E-state index contributed by atoms with van der Waals surface area (Å²) in [6, 6.07) is 7.60. The predicted molar refractivity (Wildman–Crippen MR) is 104 cm³/mol. The summed E-state index contributed by atoms with van der Waals surface area (Å²) in [5.74, 6) is 2.27. The van der Waals surface area contributed by atoms with Crippen molar-refractivity contribution in [3.63, 3.8) is 0 Å². The molecule has 0 aliphatic carbocycles. The van der Waals surface area contributed by atoms with E-state index in [0.717, 1.165) is 11.1 Å². The Morgan fingerprint density at radius 1 is 1.14 bits per heavy atom. The number of rotatable bonds is 7. The summed E-state index contributed by atoms with van der Waals surface area (Å²) in [7, 11) is 0. The summed E-state index contributed by atoms with van der Waals surface area (Å²) >= 11 is 0. The average Bonchev–Trinajstić information content (AvgIpc) is 3.20. The maximum Gasteiger partial charge on any atom is 0.238 e. The number of nitrogens with zero attached hydrogens (tertiary/aromatic N) is 3. The first kappa shape index (κ1) is 19.8. The van der Waals surface area contributed by atoms with Crippen LogP contribution in [0.5, 0.6) is 0 Å². The summed E-state index contributed by atoms with van der Waals surface area (Å²) < 4.78 is 11.3. The van der Waals surface area contributed by atoms with E-state index in [0.29, 0.717) is 41.5 Å². The van der Waals surface area contributed by atoms with Crippen LogP contribution in [-0.2, 0) is 11.2 Å². The van der Waals surface area contributed by atoms with Crippen LogP contribution in [0.25, 0.3) is 11.5 Å². The first-order chi connectivity index (χ1) is 13.3. The van der Waals surface area contributed by atoms with Gasteiger partial charge in [0.05, 0.1) is 12.1 Å². The summed E-state index contributed by atoms with van der Waals surface area (Å²) in [5.41, 5.74) is 2.65. The molecule has 0 saturated heterocycles.